The van der Waals surface area contributed by atoms with Gasteiger partial charge in [0, 0.05) is 0 Å². The lowest BCUT2D eigenvalue weighted by atomic mass is 10.1. The molecule has 2 aromatic rings. The maximum atomic E-state index is 12.9. The van der Waals surface area contributed by atoms with Crippen molar-refractivity contribution in [3.63, 3.8) is 0 Å². The van der Waals surface area contributed by atoms with Gasteiger partial charge in [-0.05, 0) is 17.7 Å². The number of hydrogen-bond donors (Lipinski definition) is 3. The summed E-state index contributed by atoms with van der Waals surface area (Å²) < 4.78 is 26.6. The molecule has 3 N–H and O–H groups in total. The number of amides is 1. The van der Waals surface area contributed by atoms with Gasteiger partial charge in [-0.25, -0.2) is 23.2 Å². The van der Waals surface area contributed by atoms with Gasteiger partial charge in [-0.15, -0.1) is 0 Å². The number of alkyl halides is 2. The molecule has 1 atom stereocenters. The first-order valence-electron chi connectivity index (χ1n) is 6.02. The zero-order valence-electron chi connectivity index (χ0n) is 10.9. The normalized spacial score (nSPS) is 12.4. The minimum atomic E-state index is -2.85. The number of carboxylic acid groups (broad SMARTS) is 1. The SMILES string of the molecule is O=C(O)N[C@H](CO)c1ccc(Cl)c(-n2ncnc2C(F)F)c1. The molecule has 1 amide bonds. The van der Waals surface area contributed by atoms with Crippen LogP contribution in [0.15, 0.2) is 24.5 Å². The van der Waals surface area contributed by atoms with Crippen molar-refractivity contribution in [2.24, 2.45) is 0 Å². The van der Waals surface area contributed by atoms with Crippen LogP contribution >= 0.6 is 11.6 Å². The van der Waals surface area contributed by atoms with Gasteiger partial charge in [0.1, 0.15) is 6.33 Å². The molecular formula is C12H11ClF2N4O3. The first-order valence-corrected chi connectivity index (χ1v) is 6.40. The highest BCUT2D eigenvalue weighted by atomic mass is 35.5. The molecule has 118 valence electrons. The molecule has 0 aliphatic heterocycles. The lowest BCUT2D eigenvalue weighted by molar-refractivity contribution is 0.137. The molecule has 0 unspecified atom stereocenters. The molecule has 0 saturated carbocycles. The third-order valence-electron chi connectivity index (χ3n) is 2.85. The maximum absolute atomic E-state index is 12.9. The molecule has 2 rings (SSSR count). The van der Waals surface area contributed by atoms with Crippen LogP contribution in [0.25, 0.3) is 5.69 Å². The molecule has 0 spiro atoms. The highest BCUT2D eigenvalue weighted by Gasteiger charge is 2.20. The highest BCUT2D eigenvalue weighted by molar-refractivity contribution is 6.32. The van der Waals surface area contributed by atoms with Crippen LogP contribution in [0, 0.1) is 0 Å². The van der Waals surface area contributed by atoms with Gasteiger partial charge in [0.15, 0.2) is 5.82 Å². The molecule has 0 saturated heterocycles. The quantitative estimate of drug-likeness (QED) is 0.779. The fourth-order valence-corrected chi connectivity index (χ4v) is 2.07. The molecule has 0 fully saturated rings. The third kappa shape index (κ3) is 3.31. The molecule has 7 nitrogen and oxygen atoms in total. The Bertz CT molecular complexity index is 680. The zero-order chi connectivity index (χ0) is 16.3. The summed E-state index contributed by atoms with van der Waals surface area (Å²) >= 11 is 5.99. The minimum absolute atomic E-state index is 0.109. The van der Waals surface area contributed by atoms with Crippen LogP contribution in [0.2, 0.25) is 5.02 Å². The van der Waals surface area contributed by atoms with E-state index in [1.54, 1.807) is 0 Å². The van der Waals surface area contributed by atoms with Crippen LogP contribution in [0.3, 0.4) is 0 Å². The van der Waals surface area contributed by atoms with Crippen LogP contribution in [-0.4, -0.2) is 37.7 Å². The van der Waals surface area contributed by atoms with Crippen LogP contribution in [0.4, 0.5) is 13.6 Å². The Kier molecular flexibility index (Phi) is 4.88. The lowest BCUT2D eigenvalue weighted by Gasteiger charge is -2.16. The summed E-state index contributed by atoms with van der Waals surface area (Å²) in [4.78, 5) is 14.2. The average Bonchev–Trinajstić information content (AvgIpc) is 2.94. The highest BCUT2D eigenvalue weighted by Crippen LogP contribution is 2.27. The number of aliphatic hydroxyl groups excluding tert-OH is 1. The van der Waals surface area contributed by atoms with Crippen molar-refractivity contribution in [3.05, 3.63) is 40.9 Å². The van der Waals surface area contributed by atoms with Crippen molar-refractivity contribution in [1.29, 1.82) is 0 Å². The van der Waals surface area contributed by atoms with E-state index in [-0.39, 0.29) is 10.7 Å². The lowest BCUT2D eigenvalue weighted by Crippen LogP contribution is -2.29. The van der Waals surface area contributed by atoms with E-state index in [0.717, 1.165) is 11.0 Å². The summed E-state index contributed by atoms with van der Waals surface area (Å²) in [6.45, 7) is -0.508. The van der Waals surface area contributed by atoms with Crippen molar-refractivity contribution in [2.45, 2.75) is 12.5 Å². The van der Waals surface area contributed by atoms with Gasteiger partial charge in [0.2, 0.25) is 0 Å². The van der Waals surface area contributed by atoms with Crippen molar-refractivity contribution in [3.8, 4) is 5.69 Å². The van der Waals surface area contributed by atoms with E-state index in [4.69, 9.17) is 16.7 Å². The van der Waals surface area contributed by atoms with Crippen LogP contribution in [-0.2, 0) is 0 Å². The predicted octanol–water partition coefficient (Wildman–Crippen LogP) is 2.16. The summed E-state index contributed by atoms with van der Waals surface area (Å²) in [6.07, 6.45) is -3.22. The van der Waals surface area contributed by atoms with Gasteiger partial charge >= 0.3 is 6.09 Å². The number of aliphatic hydroxyl groups is 1. The van der Waals surface area contributed by atoms with E-state index in [1.807, 2.05) is 0 Å². The van der Waals surface area contributed by atoms with Crippen molar-refractivity contribution < 1.29 is 23.8 Å². The number of aromatic nitrogens is 3. The summed E-state index contributed by atoms with van der Waals surface area (Å²) in [7, 11) is 0. The summed E-state index contributed by atoms with van der Waals surface area (Å²) in [5.41, 5.74) is 0.456. The van der Waals surface area contributed by atoms with E-state index < -0.39 is 31.0 Å². The standard InChI is InChI=1S/C12H11ClF2N4O3/c13-7-2-1-6(8(4-20)18-12(21)22)3-9(7)19-11(10(14)15)16-5-17-19/h1-3,5,8,10,18,20H,4H2,(H,21,22)/t8-/m1/s1. The fraction of sp³-hybridized carbons (Fsp3) is 0.250. The number of nitrogens with one attached hydrogen (secondary N) is 1. The topological polar surface area (TPSA) is 100 Å². The van der Waals surface area contributed by atoms with Crippen molar-refractivity contribution in [1.82, 2.24) is 20.1 Å². The fourth-order valence-electron chi connectivity index (χ4n) is 1.88. The second kappa shape index (κ2) is 6.67. The first-order chi connectivity index (χ1) is 10.4. The number of hydrogen-bond acceptors (Lipinski definition) is 4. The molecule has 0 aliphatic rings. The Morgan fingerprint density at radius 2 is 2.18 bits per heavy atom. The molecular weight excluding hydrogens is 322 g/mol. The smallest absolute Gasteiger partial charge is 0.405 e. The Labute approximate surface area is 128 Å². The summed E-state index contributed by atoms with van der Waals surface area (Å²) in [6, 6.07) is 3.31. The molecule has 0 bridgehead atoms. The van der Waals surface area contributed by atoms with Gasteiger partial charge in [-0.3, -0.25) is 0 Å². The van der Waals surface area contributed by atoms with E-state index in [1.165, 1.54) is 18.2 Å². The van der Waals surface area contributed by atoms with E-state index in [9.17, 15) is 18.7 Å². The second-order valence-electron chi connectivity index (χ2n) is 4.23. The third-order valence-corrected chi connectivity index (χ3v) is 3.17. The molecule has 0 radical (unpaired) electrons. The molecule has 10 heteroatoms. The van der Waals surface area contributed by atoms with Crippen LogP contribution < -0.4 is 5.32 Å². The van der Waals surface area contributed by atoms with E-state index >= 15 is 0 Å². The van der Waals surface area contributed by atoms with Crippen molar-refractivity contribution in [2.75, 3.05) is 6.61 Å². The zero-order valence-corrected chi connectivity index (χ0v) is 11.7. The van der Waals surface area contributed by atoms with Gasteiger partial charge in [0.25, 0.3) is 6.43 Å². The number of rotatable bonds is 5. The minimum Gasteiger partial charge on any atom is -0.465 e. The Balaban J connectivity index is 2.46. The van der Waals surface area contributed by atoms with Gasteiger partial charge in [-0.2, -0.15) is 5.10 Å². The Hall–Kier alpha value is -2.26. The molecule has 1 aromatic heterocycles. The largest absolute Gasteiger partial charge is 0.465 e. The van der Waals surface area contributed by atoms with Crippen LogP contribution in [0.5, 0.6) is 0 Å². The summed E-state index contributed by atoms with van der Waals surface area (Å²) in [5.74, 6) is -0.592. The Morgan fingerprint density at radius 1 is 1.45 bits per heavy atom. The van der Waals surface area contributed by atoms with E-state index in [0.29, 0.717) is 5.56 Å². The van der Waals surface area contributed by atoms with E-state index in [2.05, 4.69) is 15.4 Å². The van der Waals surface area contributed by atoms with Crippen molar-refractivity contribution >= 4 is 17.7 Å². The van der Waals surface area contributed by atoms with Crippen LogP contribution in [0.1, 0.15) is 23.9 Å². The van der Waals surface area contributed by atoms with Gasteiger partial charge in [0.05, 0.1) is 23.4 Å². The molecule has 1 heterocycles. The van der Waals surface area contributed by atoms with Gasteiger partial charge in [-0.1, -0.05) is 17.7 Å². The predicted molar refractivity (Wildman–Crippen MR) is 72.3 cm³/mol. The number of benzene rings is 1. The van der Waals surface area contributed by atoms with Gasteiger partial charge < -0.3 is 15.5 Å². The number of nitrogens with zero attached hydrogens (tertiary/aromatic N) is 3. The monoisotopic (exact) mass is 332 g/mol. The summed E-state index contributed by atoms with van der Waals surface area (Å²) in [5, 5.41) is 23.9. The maximum Gasteiger partial charge on any atom is 0.405 e. The number of carbonyl (C=O) groups is 1. The number of halogens is 3. The molecule has 1 aromatic carbocycles. The molecule has 22 heavy (non-hydrogen) atoms. The first kappa shape index (κ1) is 16.1. The second-order valence-corrected chi connectivity index (χ2v) is 4.63. The molecule has 0 aliphatic carbocycles. The average molecular weight is 333 g/mol. The Morgan fingerprint density at radius 3 is 2.77 bits per heavy atom.